The summed E-state index contributed by atoms with van der Waals surface area (Å²) in [6, 6.07) is 18.2. The minimum atomic E-state index is -0.398. The van der Waals surface area contributed by atoms with E-state index in [1.54, 1.807) is 36.2 Å². The van der Waals surface area contributed by atoms with Gasteiger partial charge in [0, 0.05) is 27.4 Å². The number of ether oxygens (including phenoxy) is 1. The van der Waals surface area contributed by atoms with Gasteiger partial charge in [-0.25, -0.2) is 0 Å². The molecule has 5 rings (SSSR count). The number of likely N-dealkylation sites (N-methyl/N-ethyl adjacent to an activating group) is 1. The first-order valence-corrected chi connectivity index (χ1v) is 14.7. The lowest BCUT2D eigenvalue weighted by atomic mass is 10.1. The van der Waals surface area contributed by atoms with Gasteiger partial charge in [0.2, 0.25) is 11.8 Å². The molecule has 0 bridgehead atoms. The van der Waals surface area contributed by atoms with Gasteiger partial charge in [-0.2, -0.15) is 0 Å². The SMILES string of the molecule is CCC1CCC(C(=O)NC2(c3cc(C(=N)N)cs3)CC2)N1C(=O)CNC.O=Cc1ccc(Oc2ccccc2)cc1. The first-order chi connectivity index (χ1) is 19.8. The van der Waals surface area contributed by atoms with Crippen molar-refractivity contribution < 1.29 is 19.1 Å². The van der Waals surface area contributed by atoms with Crippen LogP contribution in [0, 0.1) is 5.41 Å². The van der Waals surface area contributed by atoms with Gasteiger partial charge in [-0.15, -0.1) is 11.3 Å². The van der Waals surface area contributed by atoms with Crippen LogP contribution >= 0.6 is 11.3 Å². The molecule has 1 aromatic heterocycles. The normalized spacial score (nSPS) is 18.5. The number of nitrogen functional groups attached to an aromatic ring is 1. The van der Waals surface area contributed by atoms with Crippen LogP contribution in [0.15, 0.2) is 66.0 Å². The molecule has 5 N–H and O–H groups in total. The number of likely N-dealkylation sites (tertiary alicyclic amines) is 1. The smallest absolute Gasteiger partial charge is 0.243 e. The molecule has 2 aromatic carbocycles. The molecular weight excluding hydrogens is 538 g/mol. The van der Waals surface area contributed by atoms with Crippen molar-refractivity contribution in [2.24, 2.45) is 5.73 Å². The third-order valence-electron chi connectivity index (χ3n) is 7.38. The van der Waals surface area contributed by atoms with Crippen LogP contribution in [0.1, 0.15) is 59.8 Å². The first-order valence-electron chi connectivity index (χ1n) is 13.8. The monoisotopic (exact) mass is 575 g/mol. The lowest BCUT2D eigenvalue weighted by Gasteiger charge is -2.30. The molecule has 2 fully saturated rings. The molecule has 1 aliphatic heterocycles. The van der Waals surface area contributed by atoms with E-state index in [0.29, 0.717) is 17.5 Å². The second kappa shape index (κ2) is 13.6. The van der Waals surface area contributed by atoms with Gasteiger partial charge in [0.05, 0.1) is 12.1 Å². The summed E-state index contributed by atoms with van der Waals surface area (Å²) in [6.07, 6.45) is 5.00. The maximum absolute atomic E-state index is 13.0. The summed E-state index contributed by atoms with van der Waals surface area (Å²) in [4.78, 5) is 38.8. The summed E-state index contributed by atoms with van der Waals surface area (Å²) in [6.45, 7) is 2.31. The van der Waals surface area contributed by atoms with E-state index in [4.69, 9.17) is 15.9 Å². The predicted octanol–water partition coefficient (Wildman–Crippen LogP) is 4.42. The molecule has 2 atom stereocenters. The first kappa shape index (κ1) is 30.0. The quantitative estimate of drug-likeness (QED) is 0.160. The van der Waals surface area contributed by atoms with Crippen molar-refractivity contribution in [2.75, 3.05) is 13.6 Å². The fourth-order valence-electron chi connectivity index (χ4n) is 5.01. The summed E-state index contributed by atoms with van der Waals surface area (Å²) < 4.78 is 5.56. The fourth-order valence-corrected chi connectivity index (χ4v) is 6.13. The van der Waals surface area contributed by atoms with Crippen molar-refractivity contribution in [3.63, 3.8) is 0 Å². The van der Waals surface area contributed by atoms with Crippen LogP contribution in [-0.2, 0) is 15.1 Å². The number of aldehydes is 1. The highest BCUT2D eigenvalue weighted by Crippen LogP contribution is 2.48. The molecule has 1 aliphatic carbocycles. The van der Waals surface area contributed by atoms with E-state index in [9.17, 15) is 14.4 Å². The lowest BCUT2D eigenvalue weighted by Crippen LogP contribution is -2.52. The summed E-state index contributed by atoms with van der Waals surface area (Å²) in [5.41, 5.74) is 6.55. The highest BCUT2D eigenvalue weighted by molar-refractivity contribution is 7.10. The van der Waals surface area contributed by atoms with E-state index in [2.05, 4.69) is 17.6 Å². The third-order valence-corrected chi connectivity index (χ3v) is 8.52. The molecule has 2 heterocycles. The van der Waals surface area contributed by atoms with Crippen molar-refractivity contribution in [1.82, 2.24) is 15.5 Å². The van der Waals surface area contributed by atoms with Crippen molar-refractivity contribution in [3.8, 4) is 11.5 Å². The molecule has 9 nitrogen and oxygen atoms in total. The van der Waals surface area contributed by atoms with Crippen LogP contribution in [0.4, 0.5) is 0 Å². The van der Waals surface area contributed by atoms with E-state index in [0.717, 1.165) is 48.3 Å². The van der Waals surface area contributed by atoms with E-state index in [1.165, 1.54) is 11.3 Å². The van der Waals surface area contributed by atoms with E-state index < -0.39 is 6.04 Å². The maximum atomic E-state index is 13.0. The van der Waals surface area contributed by atoms with Gasteiger partial charge >= 0.3 is 0 Å². The Kier molecular flexibility index (Phi) is 9.91. The maximum Gasteiger partial charge on any atom is 0.243 e. The minimum Gasteiger partial charge on any atom is -0.457 e. The number of carbonyl (C=O) groups is 3. The van der Waals surface area contributed by atoms with Crippen LogP contribution in [0.25, 0.3) is 0 Å². The number of para-hydroxylation sites is 1. The van der Waals surface area contributed by atoms with Gasteiger partial charge in [-0.3, -0.25) is 19.8 Å². The van der Waals surface area contributed by atoms with Crippen LogP contribution in [0.2, 0.25) is 0 Å². The topological polar surface area (TPSA) is 138 Å². The lowest BCUT2D eigenvalue weighted by molar-refractivity contribution is -0.140. The number of nitrogens with one attached hydrogen (secondary N) is 3. The Hall–Kier alpha value is -4.02. The predicted molar refractivity (Wildman–Crippen MR) is 161 cm³/mol. The molecule has 0 radical (unpaired) electrons. The number of benzene rings is 2. The number of nitrogens with zero attached hydrogens (tertiary/aromatic N) is 1. The standard InChI is InChI=1S/C18H27N5O2S.C13H10O2/c1-3-12-4-5-13(23(12)15(24)9-21-2)17(25)22-18(6-7-18)14-8-11(10-26-14)16(19)20;14-10-11-6-8-13(9-7-11)15-12-4-2-1-3-5-12/h8,10,12-13,21H,3-7,9H2,1-2H3,(H3,19,20)(H,22,25);1-10H. The molecule has 1 saturated carbocycles. The Balaban J connectivity index is 0.000000218. The number of amidine groups is 1. The Bertz CT molecular complexity index is 1350. The van der Waals surface area contributed by atoms with Gasteiger partial charge in [-0.1, -0.05) is 25.1 Å². The second-order valence-electron chi connectivity index (χ2n) is 10.3. The molecule has 0 spiro atoms. The van der Waals surface area contributed by atoms with Crippen LogP contribution < -0.4 is 21.1 Å². The molecule has 3 aromatic rings. The molecule has 2 amide bonds. The fraction of sp³-hybridized carbons (Fsp3) is 0.355. The molecular formula is C31H37N5O4S. The average Bonchev–Trinajstić information content (AvgIpc) is 3.38. The Morgan fingerprint density at radius 2 is 1.80 bits per heavy atom. The Morgan fingerprint density at radius 1 is 1.12 bits per heavy atom. The van der Waals surface area contributed by atoms with Crippen molar-refractivity contribution in [3.05, 3.63) is 82.0 Å². The van der Waals surface area contributed by atoms with Crippen molar-refractivity contribution >= 4 is 35.3 Å². The number of amides is 2. The highest BCUT2D eigenvalue weighted by Gasteiger charge is 2.49. The zero-order chi connectivity index (χ0) is 29.4. The largest absolute Gasteiger partial charge is 0.457 e. The van der Waals surface area contributed by atoms with Crippen molar-refractivity contribution in [2.45, 2.75) is 56.7 Å². The molecule has 2 aliphatic rings. The number of rotatable bonds is 10. The zero-order valence-corrected chi connectivity index (χ0v) is 24.2. The van der Waals surface area contributed by atoms with Crippen LogP contribution in [-0.4, -0.2) is 54.5 Å². The number of nitrogens with two attached hydrogens (primary N) is 1. The van der Waals surface area contributed by atoms with E-state index >= 15 is 0 Å². The number of hydrogen-bond donors (Lipinski definition) is 4. The Labute approximate surface area is 244 Å². The minimum absolute atomic E-state index is 0.0168. The van der Waals surface area contributed by atoms with Crippen LogP contribution in [0.5, 0.6) is 11.5 Å². The zero-order valence-electron chi connectivity index (χ0n) is 23.4. The number of hydrogen-bond acceptors (Lipinski definition) is 7. The van der Waals surface area contributed by atoms with Gasteiger partial charge in [0.15, 0.2) is 0 Å². The van der Waals surface area contributed by atoms with Gasteiger partial charge in [0.25, 0.3) is 0 Å². The highest BCUT2D eigenvalue weighted by atomic mass is 32.1. The number of thiophene rings is 1. The van der Waals surface area contributed by atoms with Gasteiger partial charge in [-0.05, 0) is 81.6 Å². The average molecular weight is 576 g/mol. The summed E-state index contributed by atoms with van der Waals surface area (Å²) in [5.74, 6) is 1.47. The van der Waals surface area contributed by atoms with Gasteiger partial charge in [0.1, 0.15) is 29.7 Å². The van der Waals surface area contributed by atoms with E-state index in [-0.39, 0.29) is 35.8 Å². The Morgan fingerprint density at radius 3 is 2.37 bits per heavy atom. The van der Waals surface area contributed by atoms with E-state index in [1.807, 2.05) is 41.8 Å². The second-order valence-corrected chi connectivity index (χ2v) is 11.2. The molecule has 41 heavy (non-hydrogen) atoms. The summed E-state index contributed by atoms with van der Waals surface area (Å²) in [5, 5.41) is 15.5. The summed E-state index contributed by atoms with van der Waals surface area (Å²) in [7, 11) is 1.74. The summed E-state index contributed by atoms with van der Waals surface area (Å²) >= 11 is 1.53. The number of carbonyl (C=O) groups excluding carboxylic acids is 3. The third kappa shape index (κ3) is 7.39. The van der Waals surface area contributed by atoms with Crippen LogP contribution in [0.3, 0.4) is 0 Å². The van der Waals surface area contributed by atoms with Crippen molar-refractivity contribution in [1.29, 1.82) is 5.41 Å². The molecule has 216 valence electrons. The molecule has 1 saturated heterocycles. The van der Waals surface area contributed by atoms with Gasteiger partial charge < -0.3 is 26.0 Å². The molecule has 10 heteroatoms. The molecule has 2 unspecified atom stereocenters.